The molecule has 0 aliphatic heterocycles. The molecule has 1 aromatic heterocycles. The van der Waals surface area contributed by atoms with Crippen molar-refractivity contribution in [2.24, 2.45) is 0 Å². The van der Waals surface area contributed by atoms with Crippen molar-refractivity contribution in [1.82, 2.24) is 15.3 Å². The molecule has 0 atom stereocenters. The van der Waals surface area contributed by atoms with Crippen LogP contribution < -0.4 is 5.32 Å². The van der Waals surface area contributed by atoms with E-state index in [1.54, 1.807) is 18.6 Å². The largest absolute Gasteiger partial charge is 0.411 e. The molecule has 0 radical (unpaired) electrons. The molecule has 0 fully saturated rings. The van der Waals surface area contributed by atoms with Crippen molar-refractivity contribution in [3.8, 4) is 0 Å². The minimum atomic E-state index is -4.26. The normalized spacial score (nSPS) is 11.7. The maximum Gasteiger partial charge on any atom is 0.411 e. The molecule has 0 saturated carbocycles. The number of halogens is 3. The summed E-state index contributed by atoms with van der Waals surface area (Å²) in [7, 11) is 0. The van der Waals surface area contributed by atoms with Gasteiger partial charge in [-0.25, -0.2) is 0 Å². The topological polar surface area (TPSA) is 47.0 Å². The van der Waals surface area contributed by atoms with Gasteiger partial charge >= 0.3 is 6.18 Å². The summed E-state index contributed by atoms with van der Waals surface area (Å²) in [6.07, 6.45) is 0.432. The molecule has 0 saturated heterocycles. The van der Waals surface area contributed by atoms with Gasteiger partial charge in [0, 0.05) is 31.7 Å². The molecule has 0 amide bonds. The lowest BCUT2D eigenvalue weighted by molar-refractivity contribution is -0.173. The number of aromatic nitrogens is 2. The molecule has 1 N–H and O–H groups in total. The van der Waals surface area contributed by atoms with E-state index in [1.165, 1.54) is 0 Å². The van der Waals surface area contributed by atoms with Crippen LogP contribution in [0.4, 0.5) is 13.2 Å². The van der Waals surface area contributed by atoms with E-state index >= 15 is 0 Å². The van der Waals surface area contributed by atoms with Crippen LogP contribution in [0.1, 0.15) is 5.69 Å². The first-order valence-corrected chi connectivity index (χ1v) is 4.68. The summed E-state index contributed by atoms with van der Waals surface area (Å²) in [6, 6.07) is 0. The van der Waals surface area contributed by atoms with Gasteiger partial charge in [0.25, 0.3) is 0 Å². The van der Waals surface area contributed by atoms with Gasteiger partial charge in [0.05, 0.1) is 12.3 Å². The summed E-state index contributed by atoms with van der Waals surface area (Å²) in [5.41, 5.74) is 0.735. The summed E-state index contributed by atoms with van der Waals surface area (Å²) >= 11 is 0. The molecule has 0 aliphatic carbocycles. The van der Waals surface area contributed by atoms with Gasteiger partial charge in [0.2, 0.25) is 0 Å². The summed E-state index contributed by atoms with van der Waals surface area (Å²) < 4.78 is 39.4. The summed E-state index contributed by atoms with van der Waals surface area (Å²) in [5, 5.41) is 2.89. The Morgan fingerprint density at radius 3 is 2.75 bits per heavy atom. The first-order chi connectivity index (χ1) is 7.58. The molecule has 0 spiro atoms. The van der Waals surface area contributed by atoms with E-state index in [4.69, 9.17) is 0 Å². The quantitative estimate of drug-likeness (QED) is 0.751. The fourth-order valence-corrected chi connectivity index (χ4v) is 0.970. The SMILES string of the molecule is FC(F)(F)COCCNCc1cnccn1. The van der Waals surface area contributed by atoms with Crippen molar-refractivity contribution in [1.29, 1.82) is 0 Å². The monoisotopic (exact) mass is 235 g/mol. The maximum atomic E-state index is 11.7. The number of nitrogens with zero attached hydrogens (tertiary/aromatic N) is 2. The third-order valence-electron chi connectivity index (χ3n) is 1.61. The van der Waals surface area contributed by atoms with Crippen LogP contribution in [0, 0.1) is 0 Å². The average molecular weight is 235 g/mol. The van der Waals surface area contributed by atoms with Crippen LogP contribution >= 0.6 is 0 Å². The average Bonchev–Trinajstić information content (AvgIpc) is 2.23. The Bertz CT molecular complexity index is 292. The zero-order valence-electron chi connectivity index (χ0n) is 8.50. The van der Waals surface area contributed by atoms with E-state index in [-0.39, 0.29) is 6.61 Å². The Labute approximate surface area is 90.9 Å². The predicted molar refractivity (Wildman–Crippen MR) is 50.6 cm³/mol. The van der Waals surface area contributed by atoms with Crippen molar-refractivity contribution in [2.45, 2.75) is 12.7 Å². The Morgan fingerprint density at radius 1 is 1.31 bits per heavy atom. The van der Waals surface area contributed by atoms with Crippen molar-refractivity contribution in [3.05, 3.63) is 24.3 Å². The summed E-state index contributed by atoms with van der Waals surface area (Å²) in [5.74, 6) is 0. The molecular weight excluding hydrogens is 223 g/mol. The third-order valence-corrected chi connectivity index (χ3v) is 1.61. The van der Waals surface area contributed by atoms with Crippen LogP contribution in [-0.2, 0) is 11.3 Å². The van der Waals surface area contributed by atoms with Crippen LogP contribution in [0.3, 0.4) is 0 Å². The molecular formula is C9H12F3N3O. The zero-order chi connectivity index (χ0) is 11.9. The lowest BCUT2D eigenvalue weighted by Crippen LogP contribution is -2.23. The Hall–Kier alpha value is -1.21. The minimum Gasteiger partial charge on any atom is -0.371 e. The molecule has 0 aliphatic rings. The smallest absolute Gasteiger partial charge is 0.371 e. The number of rotatable bonds is 6. The van der Waals surface area contributed by atoms with Crippen LogP contribution in [0.25, 0.3) is 0 Å². The molecule has 90 valence electrons. The Morgan fingerprint density at radius 2 is 2.12 bits per heavy atom. The van der Waals surface area contributed by atoms with Gasteiger partial charge in [-0.1, -0.05) is 0 Å². The molecule has 1 heterocycles. The standard InChI is InChI=1S/C9H12F3N3O/c10-9(11,12)7-16-4-3-14-6-8-5-13-1-2-15-8/h1-2,5,14H,3-4,6-7H2. The van der Waals surface area contributed by atoms with E-state index in [2.05, 4.69) is 20.0 Å². The third kappa shape index (κ3) is 6.31. The minimum absolute atomic E-state index is 0.0137. The van der Waals surface area contributed by atoms with E-state index < -0.39 is 12.8 Å². The first kappa shape index (κ1) is 12.9. The van der Waals surface area contributed by atoms with Crippen LogP contribution in [0.5, 0.6) is 0 Å². The van der Waals surface area contributed by atoms with Crippen LogP contribution in [-0.4, -0.2) is 35.9 Å². The second kappa shape index (κ2) is 6.39. The van der Waals surface area contributed by atoms with E-state index in [1.807, 2.05) is 0 Å². The summed E-state index contributed by atoms with van der Waals surface area (Å²) in [4.78, 5) is 7.84. The van der Waals surface area contributed by atoms with Crippen molar-refractivity contribution in [3.63, 3.8) is 0 Å². The van der Waals surface area contributed by atoms with E-state index in [0.717, 1.165) is 5.69 Å². The fourth-order valence-electron chi connectivity index (χ4n) is 0.970. The van der Waals surface area contributed by atoms with Crippen LogP contribution in [0.15, 0.2) is 18.6 Å². The Kier molecular flexibility index (Phi) is 5.13. The molecule has 7 heteroatoms. The first-order valence-electron chi connectivity index (χ1n) is 4.68. The molecule has 0 aromatic carbocycles. The molecule has 0 bridgehead atoms. The maximum absolute atomic E-state index is 11.7. The van der Waals surface area contributed by atoms with Crippen molar-refractivity contribution in [2.75, 3.05) is 19.8 Å². The van der Waals surface area contributed by atoms with E-state index in [0.29, 0.717) is 13.1 Å². The number of hydrogen-bond donors (Lipinski definition) is 1. The number of ether oxygens (including phenoxy) is 1. The number of nitrogens with one attached hydrogen (secondary N) is 1. The molecule has 16 heavy (non-hydrogen) atoms. The molecule has 1 aromatic rings. The van der Waals surface area contributed by atoms with Gasteiger partial charge in [0.1, 0.15) is 6.61 Å². The van der Waals surface area contributed by atoms with Gasteiger partial charge in [-0.15, -0.1) is 0 Å². The molecule has 0 unspecified atom stereocenters. The lowest BCUT2D eigenvalue weighted by Gasteiger charge is -2.07. The second-order valence-electron chi connectivity index (χ2n) is 3.04. The fraction of sp³-hybridized carbons (Fsp3) is 0.556. The molecule has 1 rings (SSSR count). The number of hydrogen-bond acceptors (Lipinski definition) is 4. The number of alkyl halides is 3. The molecule has 4 nitrogen and oxygen atoms in total. The zero-order valence-corrected chi connectivity index (χ0v) is 8.50. The highest BCUT2D eigenvalue weighted by Gasteiger charge is 2.27. The summed E-state index contributed by atoms with van der Waals surface area (Å²) in [6.45, 7) is -0.393. The second-order valence-corrected chi connectivity index (χ2v) is 3.04. The highest BCUT2D eigenvalue weighted by Crippen LogP contribution is 2.13. The van der Waals surface area contributed by atoms with Crippen molar-refractivity contribution < 1.29 is 17.9 Å². The predicted octanol–water partition coefficient (Wildman–Crippen LogP) is 1.15. The van der Waals surface area contributed by atoms with Gasteiger partial charge in [-0.2, -0.15) is 13.2 Å². The van der Waals surface area contributed by atoms with Crippen LogP contribution in [0.2, 0.25) is 0 Å². The van der Waals surface area contributed by atoms with Crippen molar-refractivity contribution >= 4 is 0 Å². The highest BCUT2D eigenvalue weighted by molar-refractivity contribution is 4.93. The Balaban J connectivity index is 2.01. The van der Waals surface area contributed by atoms with Gasteiger partial charge in [0.15, 0.2) is 0 Å². The van der Waals surface area contributed by atoms with Gasteiger partial charge in [-0.05, 0) is 0 Å². The van der Waals surface area contributed by atoms with Gasteiger partial charge in [-0.3, -0.25) is 9.97 Å². The van der Waals surface area contributed by atoms with Gasteiger partial charge < -0.3 is 10.1 Å². The van der Waals surface area contributed by atoms with E-state index in [9.17, 15) is 13.2 Å². The lowest BCUT2D eigenvalue weighted by atomic mass is 10.4. The highest BCUT2D eigenvalue weighted by atomic mass is 19.4.